The minimum atomic E-state index is -0.0423. The molecule has 0 aliphatic carbocycles. The first-order valence-electron chi connectivity index (χ1n) is 5.93. The topological polar surface area (TPSA) is 41.6 Å². The molecule has 0 saturated carbocycles. The predicted octanol–water partition coefficient (Wildman–Crippen LogP) is 0.235. The van der Waals surface area contributed by atoms with Gasteiger partial charge in [0.25, 0.3) is 0 Å². The van der Waals surface area contributed by atoms with Crippen LogP contribution >= 0.6 is 0 Å². The van der Waals surface area contributed by atoms with E-state index in [1.165, 1.54) is 12.8 Å². The van der Waals surface area contributed by atoms with Crippen molar-refractivity contribution in [2.75, 3.05) is 39.3 Å². The second kappa shape index (κ2) is 5.47. The van der Waals surface area contributed by atoms with Gasteiger partial charge in [-0.15, -0.1) is 0 Å². The number of carbonyl (C=O) groups excluding carboxylic acids is 1. The van der Waals surface area contributed by atoms with Gasteiger partial charge in [-0.2, -0.15) is 0 Å². The number of nitrogens with one attached hydrogen (secondary N) is 1. The third kappa shape index (κ3) is 3.47. The van der Waals surface area contributed by atoms with Gasteiger partial charge < -0.3 is 10.1 Å². The summed E-state index contributed by atoms with van der Waals surface area (Å²) in [6.45, 7) is 5.75. The Bertz CT molecular complexity index is 215. The van der Waals surface area contributed by atoms with E-state index >= 15 is 0 Å². The Morgan fingerprint density at radius 2 is 2.40 bits per heavy atom. The quantitative estimate of drug-likeness (QED) is 0.666. The first-order chi connectivity index (χ1) is 7.34. The van der Waals surface area contributed by atoms with Crippen molar-refractivity contribution in [3.8, 4) is 0 Å². The molecule has 2 aliphatic rings. The van der Waals surface area contributed by atoms with Gasteiger partial charge in [0.15, 0.2) is 0 Å². The van der Waals surface area contributed by atoms with Gasteiger partial charge >= 0.3 is 5.97 Å². The average Bonchev–Trinajstić information content (AvgIpc) is 2.46. The Balaban J connectivity index is 1.75. The van der Waals surface area contributed by atoms with Gasteiger partial charge in [0.05, 0.1) is 6.42 Å². The van der Waals surface area contributed by atoms with E-state index in [1.54, 1.807) is 0 Å². The SMILES string of the molecule is O=C1CCN(CC2CCCNC2)CCO1. The van der Waals surface area contributed by atoms with Crippen molar-refractivity contribution >= 4 is 5.97 Å². The molecule has 86 valence electrons. The van der Waals surface area contributed by atoms with Crippen molar-refractivity contribution in [3.05, 3.63) is 0 Å². The molecular formula is C11H20N2O2. The van der Waals surface area contributed by atoms with Crippen molar-refractivity contribution in [2.45, 2.75) is 19.3 Å². The van der Waals surface area contributed by atoms with E-state index < -0.39 is 0 Å². The molecule has 0 amide bonds. The minimum absolute atomic E-state index is 0.0423. The van der Waals surface area contributed by atoms with Crippen LogP contribution in [0.4, 0.5) is 0 Å². The van der Waals surface area contributed by atoms with Crippen LogP contribution in [-0.2, 0) is 9.53 Å². The van der Waals surface area contributed by atoms with Gasteiger partial charge in [0, 0.05) is 19.6 Å². The Morgan fingerprint density at radius 1 is 1.47 bits per heavy atom. The predicted molar refractivity (Wildman–Crippen MR) is 57.6 cm³/mol. The summed E-state index contributed by atoms with van der Waals surface area (Å²) in [5.41, 5.74) is 0. The van der Waals surface area contributed by atoms with Gasteiger partial charge in [-0.05, 0) is 31.8 Å². The number of hydrogen-bond acceptors (Lipinski definition) is 4. The normalized spacial score (nSPS) is 29.6. The molecule has 2 fully saturated rings. The summed E-state index contributed by atoms with van der Waals surface area (Å²) in [6.07, 6.45) is 3.16. The highest BCUT2D eigenvalue weighted by atomic mass is 16.5. The molecule has 1 atom stereocenters. The molecule has 1 unspecified atom stereocenters. The van der Waals surface area contributed by atoms with Crippen LogP contribution in [0.15, 0.2) is 0 Å². The zero-order valence-corrected chi connectivity index (χ0v) is 9.21. The zero-order valence-electron chi connectivity index (χ0n) is 9.21. The molecule has 0 aromatic rings. The Morgan fingerprint density at radius 3 is 3.20 bits per heavy atom. The van der Waals surface area contributed by atoms with Crippen LogP contribution < -0.4 is 5.32 Å². The van der Waals surface area contributed by atoms with E-state index in [0.29, 0.717) is 13.0 Å². The fourth-order valence-corrected chi connectivity index (χ4v) is 2.35. The number of rotatable bonds is 2. The number of cyclic esters (lactones) is 1. The molecule has 0 aromatic heterocycles. The van der Waals surface area contributed by atoms with Crippen molar-refractivity contribution in [1.29, 1.82) is 0 Å². The number of piperidine rings is 1. The summed E-state index contributed by atoms with van der Waals surface area (Å²) >= 11 is 0. The van der Waals surface area contributed by atoms with Gasteiger partial charge in [-0.1, -0.05) is 0 Å². The van der Waals surface area contributed by atoms with Gasteiger partial charge in [0.1, 0.15) is 6.61 Å². The summed E-state index contributed by atoms with van der Waals surface area (Å²) < 4.78 is 5.03. The highest BCUT2D eigenvalue weighted by Gasteiger charge is 2.19. The highest BCUT2D eigenvalue weighted by Crippen LogP contribution is 2.12. The Kier molecular flexibility index (Phi) is 3.97. The fourth-order valence-electron chi connectivity index (χ4n) is 2.35. The first-order valence-corrected chi connectivity index (χ1v) is 5.93. The molecule has 4 nitrogen and oxygen atoms in total. The summed E-state index contributed by atoms with van der Waals surface area (Å²) in [5, 5.41) is 3.42. The number of nitrogens with zero attached hydrogens (tertiary/aromatic N) is 1. The lowest BCUT2D eigenvalue weighted by Gasteiger charge is -2.28. The van der Waals surface area contributed by atoms with Crippen LogP contribution in [0.2, 0.25) is 0 Å². The van der Waals surface area contributed by atoms with Crippen LogP contribution in [0.3, 0.4) is 0 Å². The third-order valence-corrected chi connectivity index (χ3v) is 3.22. The van der Waals surface area contributed by atoms with Crippen molar-refractivity contribution in [2.24, 2.45) is 5.92 Å². The molecule has 15 heavy (non-hydrogen) atoms. The lowest BCUT2D eigenvalue weighted by atomic mass is 9.99. The maximum absolute atomic E-state index is 11.1. The number of hydrogen-bond donors (Lipinski definition) is 1. The highest BCUT2D eigenvalue weighted by molar-refractivity contribution is 5.69. The molecule has 4 heteroatoms. The lowest BCUT2D eigenvalue weighted by molar-refractivity contribution is -0.142. The molecule has 2 heterocycles. The molecule has 0 radical (unpaired) electrons. The lowest BCUT2D eigenvalue weighted by Crippen LogP contribution is -2.39. The van der Waals surface area contributed by atoms with Crippen LogP contribution in [0.5, 0.6) is 0 Å². The number of esters is 1. The van der Waals surface area contributed by atoms with Crippen LogP contribution in [0.1, 0.15) is 19.3 Å². The summed E-state index contributed by atoms with van der Waals surface area (Å²) in [5.74, 6) is 0.714. The largest absolute Gasteiger partial charge is 0.464 e. The monoisotopic (exact) mass is 212 g/mol. The smallest absolute Gasteiger partial charge is 0.307 e. The van der Waals surface area contributed by atoms with Crippen LogP contribution in [-0.4, -0.2) is 50.2 Å². The first kappa shape index (κ1) is 10.9. The maximum Gasteiger partial charge on any atom is 0.307 e. The van der Waals surface area contributed by atoms with Crippen LogP contribution in [0, 0.1) is 5.92 Å². The molecule has 0 aromatic carbocycles. The number of ether oxygens (including phenoxy) is 1. The van der Waals surface area contributed by atoms with Crippen LogP contribution in [0.25, 0.3) is 0 Å². The van der Waals surface area contributed by atoms with E-state index in [1.807, 2.05) is 0 Å². The van der Waals surface area contributed by atoms with E-state index in [-0.39, 0.29) is 5.97 Å². The summed E-state index contributed by atoms with van der Waals surface area (Å²) in [7, 11) is 0. The third-order valence-electron chi connectivity index (χ3n) is 3.22. The summed E-state index contributed by atoms with van der Waals surface area (Å²) in [4.78, 5) is 13.4. The molecular weight excluding hydrogens is 192 g/mol. The van der Waals surface area contributed by atoms with Gasteiger partial charge in [-0.25, -0.2) is 0 Å². The number of carbonyl (C=O) groups is 1. The molecule has 1 N–H and O–H groups in total. The van der Waals surface area contributed by atoms with E-state index in [0.717, 1.165) is 38.6 Å². The van der Waals surface area contributed by atoms with Crippen molar-refractivity contribution < 1.29 is 9.53 Å². The van der Waals surface area contributed by atoms with E-state index in [2.05, 4.69) is 10.2 Å². The molecule has 2 rings (SSSR count). The maximum atomic E-state index is 11.1. The van der Waals surface area contributed by atoms with Gasteiger partial charge in [0.2, 0.25) is 0 Å². The molecule has 0 bridgehead atoms. The molecule has 0 spiro atoms. The minimum Gasteiger partial charge on any atom is -0.464 e. The zero-order chi connectivity index (χ0) is 10.5. The van der Waals surface area contributed by atoms with Crippen molar-refractivity contribution in [3.63, 3.8) is 0 Å². The molecule has 2 aliphatic heterocycles. The Hall–Kier alpha value is -0.610. The van der Waals surface area contributed by atoms with E-state index in [9.17, 15) is 4.79 Å². The second-order valence-corrected chi connectivity index (χ2v) is 4.48. The van der Waals surface area contributed by atoms with E-state index in [4.69, 9.17) is 4.74 Å². The second-order valence-electron chi connectivity index (χ2n) is 4.48. The molecule has 2 saturated heterocycles. The standard InChI is InChI=1S/C11H20N2O2/c14-11-3-5-13(6-7-15-11)9-10-2-1-4-12-8-10/h10,12H,1-9H2. The fraction of sp³-hybridized carbons (Fsp3) is 0.909. The Labute approximate surface area is 91.0 Å². The van der Waals surface area contributed by atoms with Crippen molar-refractivity contribution in [1.82, 2.24) is 10.2 Å². The summed E-state index contributed by atoms with van der Waals surface area (Å²) in [6, 6.07) is 0. The van der Waals surface area contributed by atoms with Gasteiger partial charge in [-0.3, -0.25) is 9.69 Å². The average molecular weight is 212 g/mol.